The summed E-state index contributed by atoms with van der Waals surface area (Å²) in [5, 5.41) is 21.9. The smallest absolute Gasteiger partial charge is 0.193 e. The molecule has 0 amide bonds. The zero-order valence-electron chi connectivity index (χ0n) is 26.9. The number of carbonyl (C=O) groups is 2. The highest BCUT2D eigenvalue weighted by Gasteiger charge is 2.80. The van der Waals surface area contributed by atoms with Gasteiger partial charge in [-0.25, -0.2) is 8.78 Å². The third-order valence-corrected chi connectivity index (χ3v) is 12.7. The highest BCUT2D eigenvalue weighted by atomic mass is 32.2. The molecule has 0 bridgehead atoms. The van der Waals surface area contributed by atoms with E-state index < -0.39 is 76.8 Å². The number of ketones is 2. The van der Waals surface area contributed by atoms with Crippen molar-refractivity contribution in [1.29, 1.82) is 0 Å². The molecule has 0 aromatic heterocycles. The molecule has 2 aromatic rings. The Bertz CT molecular complexity index is 1650. The summed E-state index contributed by atoms with van der Waals surface area (Å²) in [6.07, 6.45) is 0.603. The Labute approximate surface area is 277 Å². The van der Waals surface area contributed by atoms with E-state index in [1.54, 1.807) is 13.8 Å². The minimum Gasteiger partial charge on any atom is -0.390 e. The number of nitrogens with one attached hydrogen (secondary N) is 1. The van der Waals surface area contributed by atoms with Crippen LogP contribution in [0.3, 0.4) is 0 Å². The SMILES string of the molecule is CSNc1ccc([C@@H](C)c2ccc([C@@H]3O[C@@H]4C[C@H]5[C@@H]6C[C@H](F)C7=CC(=O)C=C[C@]7(C)[C@@]6(F)[C@@H](O)C[C@]5(C)[C@]4(C(=O)CO)O3)cc2)cc1. The number of hydrogen-bond donors (Lipinski definition) is 3. The largest absolute Gasteiger partial charge is 0.390 e. The fourth-order valence-corrected chi connectivity index (χ4v) is 10.2. The van der Waals surface area contributed by atoms with Gasteiger partial charge in [-0.15, -0.1) is 0 Å². The average Bonchev–Trinajstić information content (AvgIpc) is 3.56. The van der Waals surface area contributed by atoms with E-state index in [9.17, 15) is 19.8 Å². The lowest BCUT2D eigenvalue weighted by Gasteiger charge is -2.63. The van der Waals surface area contributed by atoms with Crippen LogP contribution < -0.4 is 4.72 Å². The predicted molar refractivity (Wildman–Crippen MR) is 175 cm³/mol. The van der Waals surface area contributed by atoms with E-state index in [-0.39, 0.29) is 30.8 Å². The maximum atomic E-state index is 17.6. The summed E-state index contributed by atoms with van der Waals surface area (Å²) >= 11 is 1.53. The molecule has 0 radical (unpaired) electrons. The van der Waals surface area contributed by atoms with Crippen LogP contribution in [0.4, 0.5) is 14.5 Å². The highest BCUT2D eigenvalue weighted by Crippen LogP contribution is 2.72. The normalized spacial score (nSPS) is 40.9. The van der Waals surface area contributed by atoms with Crippen molar-refractivity contribution in [3.05, 3.63) is 89.0 Å². The summed E-state index contributed by atoms with van der Waals surface area (Å²) in [5.74, 6) is -2.47. The molecule has 7 rings (SSSR count). The average molecular weight is 666 g/mol. The molecule has 3 N–H and O–H groups in total. The third kappa shape index (κ3) is 4.44. The number of fused-ring (bicyclic) bond motifs is 7. The summed E-state index contributed by atoms with van der Waals surface area (Å²) in [7, 11) is 0. The third-order valence-electron chi connectivity index (χ3n) is 12.3. The Balaban J connectivity index is 1.18. The Kier molecular flexibility index (Phi) is 7.88. The number of Topliss-reactive ketones (excluding diaryl/α,β-unsaturated/α-hetero) is 1. The van der Waals surface area contributed by atoms with Gasteiger partial charge in [0.15, 0.2) is 29.1 Å². The second kappa shape index (κ2) is 11.3. The van der Waals surface area contributed by atoms with Gasteiger partial charge in [-0.1, -0.05) is 68.3 Å². The lowest BCUT2D eigenvalue weighted by atomic mass is 9.44. The van der Waals surface area contributed by atoms with Gasteiger partial charge in [-0.2, -0.15) is 0 Å². The molecule has 11 atom stereocenters. The second-order valence-electron chi connectivity index (χ2n) is 14.3. The first kappa shape index (κ1) is 32.6. The Morgan fingerprint density at radius 3 is 2.38 bits per heavy atom. The molecule has 4 fully saturated rings. The van der Waals surface area contributed by atoms with Crippen molar-refractivity contribution in [3.8, 4) is 0 Å². The van der Waals surface area contributed by atoms with Crippen LogP contribution in [0.25, 0.3) is 0 Å². The number of aliphatic hydroxyl groups excluding tert-OH is 2. The summed E-state index contributed by atoms with van der Waals surface area (Å²) in [6, 6.07) is 16.1. The summed E-state index contributed by atoms with van der Waals surface area (Å²) < 4.78 is 49.7. The van der Waals surface area contributed by atoms with Crippen molar-refractivity contribution in [3.63, 3.8) is 0 Å². The van der Waals surface area contributed by atoms with Crippen LogP contribution in [0.2, 0.25) is 0 Å². The van der Waals surface area contributed by atoms with Gasteiger partial charge in [0, 0.05) is 40.2 Å². The van der Waals surface area contributed by atoms with Gasteiger partial charge in [0.05, 0.1) is 12.2 Å². The molecule has 3 saturated carbocycles. The number of hydrogen-bond acceptors (Lipinski definition) is 8. The molecule has 7 nitrogen and oxygen atoms in total. The van der Waals surface area contributed by atoms with Crippen LogP contribution in [0.15, 0.2) is 72.3 Å². The maximum absolute atomic E-state index is 17.6. The second-order valence-corrected chi connectivity index (χ2v) is 14.9. The monoisotopic (exact) mass is 665 g/mol. The predicted octanol–water partition coefficient (Wildman–Crippen LogP) is 6.17. The molecule has 1 heterocycles. The standard InChI is InChI=1S/C37H41F2NO6S/c1-20(22-9-11-24(12-10-22)40-47-4)21-5-7-23(8-6-21)33-45-32-17-26-27-16-29(38)28-15-25(42)13-14-34(28,2)36(27,39)30(43)18-35(26,3)37(32,46-33)31(44)19-41/h5-15,20,26-27,29-30,32-33,40-41,43H,16-19H2,1-4H3/t20-,26-,27-,29-,30-,32+,33+,34-,35-,36-,37+/m0/s1. The summed E-state index contributed by atoms with van der Waals surface area (Å²) in [5.41, 5.74) is -2.65. The van der Waals surface area contributed by atoms with Crippen LogP contribution in [0, 0.1) is 22.7 Å². The number of aliphatic hydroxyl groups is 2. The van der Waals surface area contributed by atoms with Gasteiger partial charge in [-0.3, -0.25) is 9.59 Å². The molecule has 2 aromatic carbocycles. The van der Waals surface area contributed by atoms with Gasteiger partial charge in [0.25, 0.3) is 0 Å². The number of anilines is 1. The Hall–Kier alpha value is -2.89. The van der Waals surface area contributed by atoms with Gasteiger partial charge in [-0.05, 0) is 73.1 Å². The van der Waals surface area contributed by atoms with E-state index >= 15 is 8.78 Å². The van der Waals surface area contributed by atoms with Crippen molar-refractivity contribution in [2.24, 2.45) is 22.7 Å². The van der Waals surface area contributed by atoms with E-state index in [1.165, 1.54) is 24.1 Å². The quantitative estimate of drug-likeness (QED) is 0.302. The number of allylic oxidation sites excluding steroid dienone is 4. The topological polar surface area (TPSA) is 105 Å². The van der Waals surface area contributed by atoms with E-state index in [4.69, 9.17) is 9.47 Å². The molecule has 4 aliphatic carbocycles. The van der Waals surface area contributed by atoms with Crippen LogP contribution in [-0.4, -0.2) is 64.3 Å². The molecule has 10 heteroatoms. The maximum Gasteiger partial charge on any atom is 0.193 e. The number of halogens is 2. The van der Waals surface area contributed by atoms with Gasteiger partial charge in [0.2, 0.25) is 0 Å². The van der Waals surface area contributed by atoms with E-state index in [0.717, 1.165) is 22.9 Å². The van der Waals surface area contributed by atoms with Gasteiger partial charge >= 0.3 is 0 Å². The van der Waals surface area contributed by atoms with Crippen molar-refractivity contribution in [2.45, 2.75) is 81.9 Å². The molecule has 5 aliphatic rings. The van der Waals surface area contributed by atoms with Gasteiger partial charge in [0.1, 0.15) is 12.8 Å². The number of alkyl halides is 2. The first-order valence-corrected chi connectivity index (χ1v) is 17.5. The lowest BCUT2D eigenvalue weighted by molar-refractivity contribution is -0.235. The molecular formula is C37H41F2NO6S. The fourth-order valence-electron chi connectivity index (χ4n) is 9.81. The number of benzene rings is 2. The molecule has 1 aliphatic heterocycles. The van der Waals surface area contributed by atoms with Crippen molar-refractivity contribution >= 4 is 29.2 Å². The highest BCUT2D eigenvalue weighted by molar-refractivity contribution is 7.99. The minimum absolute atomic E-state index is 0.0423. The van der Waals surface area contributed by atoms with Crippen molar-refractivity contribution < 1.29 is 38.1 Å². The zero-order chi connectivity index (χ0) is 33.5. The zero-order valence-corrected chi connectivity index (χ0v) is 27.7. The number of rotatable bonds is 7. The van der Waals surface area contributed by atoms with Crippen LogP contribution in [0.5, 0.6) is 0 Å². The molecule has 0 unspecified atom stereocenters. The molecule has 47 heavy (non-hydrogen) atoms. The van der Waals surface area contributed by atoms with Crippen molar-refractivity contribution in [2.75, 3.05) is 17.6 Å². The van der Waals surface area contributed by atoms with E-state index in [2.05, 4.69) is 23.8 Å². The Morgan fingerprint density at radius 2 is 1.74 bits per heavy atom. The van der Waals surface area contributed by atoms with E-state index in [1.807, 2.05) is 42.7 Å². The molecule has 1 saturated heterocycles. The first-order chi connectivity index (χ1) is 22.3. The molecular weight excluding hydrogens is 624 g/mol. The van der Waals surface area contributed by atoms with Crippen LogP contribution >= 0.6 is 11.9 Å². The summed E-state index contributed by atoms with van der Waals surface area (Å²) in [4.78, 5) is 25.9. The number of carbonyl (C=O) groups excluding carboxylic acids is 2. The molecule has 250 valence electrons. The van der Waals surface area contributed by atoms with Crippen LogP contribution in [-0.2, 0) is 19.1 Å². The number of ether oxygens (including phenoxy) is 2. The molecule has 0 spiro atoms. The first-order valence-electron chi connectivity index (χ1n) is 16.3. The lowest BCUT2D eigenvalue weighted by Crippen LogP contribution is -2.70. The van der Waals surface area contributed by atoms with E-state index in [0.29, 0.717) is 5.56 Å². The fraction of sp³-hybridized carbons (Fsp3) is 0.514. The minimum atomic E-state index is -2.29. The van der Waals surface area contributed by atoms with Crippen LogP contribution in [0.1, 0.15) is 68.9 Å². The summed E-state index contributed by atoms with van der Waals surface area (Å²) in [6.45, 7) is 4.63. The van der Waals surface area contributed by atoms with Gasteiger partial charge < -0.3 is 24.4 Å². The Morgan fingerprint density at radius 1 is 1.09 bits per heavy atom. The van der Waals surface area contributed by atoms with Crippen molar-refractivity contribution in [1.82, 2.24) is 0 Å².